The Labute approximate surface area is 319 Å². The highest BCUT2D eigenvalue weighted by molar-refractivity contribution is 5.98. The number of ether oxygens (including phenoxy) is 3. The van der Waals surface area contributed by atoms with Gasteiger partial charge in [-0.05, 0) is 97.7 Å². The summed E-state index contributed by atoms with van der Waals surface area (Å²) in [4.78, 5) is 27.0. The van der Waals surface area contributed by atoms with Crippen molar-refractivity contribution in [2.75, 3.05) is 17.7 Å². The minimum atomic E-state index is -0.803. The third-order valence-corrected chi connectivity index (χ3v) is 9.05. The van der Waals surface area contributed by atoms with E-state index < -0.39 is 12.1 Å². The lowest BCUT2D eigenvalue weighted by Gasteiger charge is -2.22. The normalized spacial score (nSPS) is 11.2. The second-order valence-corrected chi connectivity index (χ2v) is 13.4. The molecule has 0 aliphatic rings. The Morgan fingerprint density at radius 2 is 1.41 bits per heavy atom. The number of carbonyl (C=O) groups excluding carboxylic acids is 2. The average Bonchev–Trinajstić information content (AvgIpc) is 3.18. The highest BCUT2D eigenvalue weighted by Crippen LogP contribution is 2.39. The van der Waals surface area contributed by atoms with Crippen LogP contribution in [0.25, 0.3) is 0 Å². The Kier molecular flexibility index (Phi) is 16.5. The molecule has 0 saturated carbocycles. The number of rotatable bonds is 21. The first kappa shape index (κ1) is 41.1. The lowest BCUT2D eigenvalue weighted by atomic mass is 10.00. The maximum atomic E-state index is 14.1. The van der Waals surface area contributed by atoms with Gasteiger partial charge in [-0.3, -0.25) is 4.79 Å². The van der Waals surface area contributed by atoms with Gasteiger partial charge in [0.2, 0.25) is 0 Å². The summed E-state index contributed by atoms with van der Waals surface area (Å²) in [5.41, 5.74) is 3.99. The molecule has 4 N–H and O–H groups in total. The molecule has 286 valence electrons. The van der Waals surface area contributed by atoms with Crippen molar-refractivity contribution in [2.24, 2.45) is 0 Å². The van der Waals surface area contributed by atoms with Crippen molar-refractivity contribution in [2.45, 2.75) is 104 Å². The Balaban J connectivity index is 1.58. The lowest BCUT2D eigenvalue weighted by molar-refractivity contribution is -0.123. The van der Waals surface area contributed by atoms with Crippen molar-refractivity contribution < 1.29 is 28.9 Å². The largest absolute Gasteiger partial charge is 0.506 e. The van der Waals surface area contributed by atoms with Crippen LogP contribution in [-0.4, -0.2) is 30.3 Å². The predicted molar refractivity (Wildman–Crippen MR) is 214 cm³/mol. The van der Waals surface area contributed by atoms with Crippen molar-refractivity contribution in [3.63, 3.8) is 0 Å². The van der Waals surface area contributed by atoms with E-state index in [4.69, 9.17) is 19.5 Å². The number of nitrogens with one attached hydrogen (secondary N) is 3. The number of anilines is 2. The molecule has 0 radical (unpaired) electrons. The number of phenols is 1. The third kappa shape index (κ3) is 12.8. The molecule has 10 nitrogen and oxygen atoms in total. The van der Waals surface area contributed by atoms with Gasteiger partial charge >= 0.3 is 6.03 Å². The highest BCUT2D eigenvalue weighted by Gasteiger charge is 2.24. The molecule has 0 aromatic heterocycles. The topological polar surface area (TPSA) is 142 Å². The van der Waals surface area contributed by atoms with Crippen LogP contribution in [0.4, 0.5) is 16.2 Å². The number of nitriles is 1. The van der Waals surface area contributed by atoms with E-state index in [1.54, 1.807) is 55.6 Å². The van der Waals surface area contributed by atoms with Crippen molar-refractivity contribution in [3.05, 3.63) is 101 Å². The number of unbranched alkanes of at least 4 members (excludes halogenated alkanes) is 5. The van der Waals surface area contributed by atoms with Crippen LogP contribution in [0, 0.1) is 11.3 Å². The van der Waals surface area contributed by atoms with E-state index in [1.165, 1.54) is 30.5 Å². The van der Waals surface area contributed by atoms with Crippen LogP contribution in [0.3, 0.4) is 0 Å². The Morgan fingerprint density at radius 1 is 0.741 bits per heavy atom. The molecule has 0 aliphatic heterocycles. The van der Waals surface area contributed by atoms with Crippen LogP contribution in [0.5, 0.6) is 28.7 Å². The average molecular weight is 735 g/mol. The molecule has 0 spiro atoms. The molecular formula is C44H54N4O6. The molecule has 1 atom stereocenters. The summed E-state index contributed by atoms with van der Waals surface area (Å²) in [7, 11) is 1.57. The fourth-order valence-corrected chi connectivity index (χ4v) is 5.91. The highest BCUT2D eigenvalue weighted by atomic mass is 16.5. The van der Waals surface area contributed by atoms with Gasteiger partial charge in [0.05, 0.1) is 30.1 Å². The van der Waals surface area contributed by atoms with Crippen LogP contribution in [0.2, 0.25) is 0 Å². The first-order chi connectivity index (χ1) is 26.3. The van der Waals surface area contributed by atoms with E-state index in [-0.39, 0.29) is 35.3 Å². The molecule has 0 bridgehead atoms. The summed E-state index contributed by atoms with van der Waals surface area (Å²) in [5.74, 6) is 1.34. The van der Waals surface area contributed by atoms with Crippen LogP contribution >= 0.6 is 0 Å². The monoisotopic (exact) mass is 734 g/mol. The molecule has 0 saturated heterocycles. The second kappa shape index (κ2) is 21.7. The van der Waals surface area contributed by atoms with E-state index >= 15 is 0 Å². The van der Waals surface area contributed by atoms with Gasteiger partial charge in [0.25, 0.3) is 5.91 Å². The van der Waals surface area contributed by atoms with E-state index in [9.17, 15) is 14.7 Å². The smallest absolute Gasteiger partial charge is 0.319 e. The summed E-state index contributed by atoms with van der Waals surface area (Å²) in [6.45, 7) is 6.66. The van der Waals surface area contributed by atoms with Crippen molar-refractivity contribution in [3.8, 4) is 34.8 Å². The van der Waals surface area contributed by atoms with Gasteiger partial charge in [-0.15, -0.1) is 0 Å². The maximum absolute atomic E-state index is 14.1. The Morgan fingerprint density at radius 3 is 2.07 bits per heavy atom. The van der Waals surface area contributed by atoms with Crippen LogP contribution in [0.15, 0.2) is 78.9 Å². The second-order valence-electron chi connectivity index (χ2n) is 13.4. The molecular weight excluding hydrogens is 681 g/mol. The van der Waals surface area contributed by atoms with Gasteiger partial charge in [0, 0.05) is 18.7 Å². The zero-order valence-corrected chi connectivity index (χ0v) is 32.0. The molecule has 4 rings (SSSR count). The predicted octanol–water partition coefficient (Wildman–Crippen LogP) is 10.4. The van der Waals surface area contributed by atoms with Crippen molar-refractivity contribution in [1.29, 1.82) is 5.26 Å². The van der Waals surface area contributed by atoms with E-state index in [0.29, 0.717) is 29.2 Å². The first-order valence-corrected chi connectivity index (χ1v) is 19.1. The fraction of sp³-hybridized carbons (Fsp3) is 0.386. The van der Waals surface area contributed by atoms with Crippen molar-refractivity contribution in [1.82, 2.24) is 5.32 Å². The number of hydrogen-bond donors (Lipinski definition) is 4. The van der Waals surface area contributed by atoms with E-state index in [0.717, 1.165) is 62.5 Å². The standard InChI is InChI=1S/C44H54N4O6/c1-5-8-11-13-31-20-25-40(34(26-31)14-12-9-6-2)54-41(15-10-7-3)43(50)47-38-27-39(49)37(28-42(38)53-36-23-21-35(52-4)22-24-36)48-44(51)46-30-33-18-16-32(29-45)17-19-33/h16-28,41,49H,5-15,30H2,1-4H3,(H,47,50)(H2,46,48,51). The number of phenolic OH excluding ortho intramolecular Hbond substituents is 1. The molecule has 54 heavy (non-hydrogen) atoms. The summed E-state index contributed by atoms with van der Waals surface area (Å²) >= 11 is 0. The van der Waals surface area contributed by atoms with Crippen molar-refractivity contribution >= 4 is 23.3 Å². The van der Waals surface area contributed by atoms with Gasteiger partial charge in [0.15, 0.2) is 11.9 Å². The first-order valence-electron chi connectivity index (χ1n) is 19.1. The molecule has 4 aromatic carbocycles. The SMILES string of the molecule is CCCCCc1ccc(OC(CCCC)C(=O)Nc2cc(O)c(NC(=O)NCc3ccc(C#N)cc3)cc2Oc2ccc(OC)cc2)c(CCCCC)c1. The molecule has 3 amide bonds. The lowest BCUT2D eigenvalue weighted by Crippen LogP contribution is -2.33. The summed E-state index contributed by atoms with van der Waals surface area (Å²) < 4.78 is 18.1. The Hall–Kier alpha value is -5.69. The number of methoxy groups -OCH3 is 1. The van der Waals surface area contributed by atoms with Gasteiger partial charge in [-0.2, -0.15) is 5.26 Å². The van der Waals surface area contributed by atoms with Gasteiger partial charge < -0.3 is 35.3 Å². The zero-order chi connectivity index (χ0) is 38.7. The number of urea groups is 1. The van der Waals surface area contributed by atoms with Crippen LogP contribution in [0.1, 0.15) is 101 Å². The zero-order valence-electron chi connectivity index (χ0n) is 32.0. The number of carbonyl (C=O) groups is 2. The third-order valence-electron chi connectivity index (χ3n) is 9.05. The number of amides is 3. The molecule has 4 aromatic rings. The number of hydrogen-bond acceptors (Lipinski definition) is 7. The minimum Gasteiger partial charge on any atom is -0.506 e. The van der Waals surface area contributed by atoms with Gasteiger partial charge in [-0.1, -0.05) is 77.1 Å². The van der Waals surface area contributed by atoms with Gasteiger partial charge in [0.1, 0.15) is 23.0 Å². The molecule has 10 heteroatoms. The minimum absolute atomic E-state index is 0.0726. The van der Waals surface area contributed by atoms with E-state index in [1.807, 2.05) is 6.07 Å². The van der Waals surface area contributed by atoms with E-state index in [2.05, 4.69) is 54.9 Å². The summed E-state index contributed by atoms with van der Waals surface area (Å²) in [6.07, 6.45) is 9.99. The molecule has 0 heterocycles. The van der Waals surface area contributed by atoms with Crippen LogP contribution < -0.4 is 30.2 Å². The Bertz CT molecular complexity index is 1840. The number of aryl methyl sites for hydroxylation is 2. The quantitative estimate of drug-likeness (QED) is 0.0493. The summed E-state index contributed by atoms with van der Waals surface area (Å²) in [6, 6.07) is 24.4. The fourth-order valence-electron chi connectivity index (χ4n) is 5.91. The molecule has 0 fully saturated rings. The number of benzene rings is 4. The molecule has 1 unspecified atom stereocenters. The molecule has 0 aliphatic carbocycles. The summed E-state index contributed by atoms with van der Waals surface area (Å²) in [5, 5.41) is 28.5. The maximum Gasteiger partial charge on any atom is 0.319 e. The number of aromatic hydroxyl groups is 1. The van der Waals surface area contributed by atoms with Gasteiger partial charge in [-0.25, -0.2) is 4.79 Å². The number of nitrogens with zero attached hydrogens (tertiary/aromatic N) is 1. The van der Waals surface area contributed by atoms with Crippen LogP contribution in [-0.2, 0) is 24.2 Å².